The minimum absolute atomic E-state index is 0.0638. The Kier molecular flexibility index (Phi) is 6.06. The van der Waals surface area contributed by atoms with Crippen LogP contribution in [0, 0.1) is 5.92 Å². The Morgan fingerprint density at radius 2 is 1.74 bits per heavy atom. The number of halogens is 1. The van der Waals surface area contributed by atoms with Crippen molar-refractivity contribution in [2.45, 2.75) is 31.8 Å². The lowest BCUT2D eigenvalue weighted by Crippen LogP contribution is -2.28. The molecule has 1 saturated carbocycles. The number of nitrogens with zero attached hydrogens (tertiary/aromatic N) is 3. The van der Waals surface area contributed by atoms with Gasteiger partial charge in [0.2, 0.25) is 5.88 Å². The molecule has 3 aromatic heterocycles. The number of benzene rings is 1. The summed E-state index contributed by atoms with van der Waals surface area (Å²) in [5.74, 6) is -0.451. The Hall–Kier alpha value is -3.65. The van der Waals surface area contributed by atoms with Crippen LogP contribution in [0.3, 0.4) is 0 Å². The number of H-pyrrole nitrogens is 1. The summed E-state index contributed by atoms with van der Waals surface area (Å²) in [5, 5.41) is 9.66. The van der Waals surface area contributed by atoms with Gasteiger partial charge in [0.25, 0.3) is 6.01 Å². The van der Waals surface area contributed by atoms with Crippen LogP contribution in [0.15, 0.2) is 48.7 Å². The standard InChI is InChI=1S/C25H23ClN4O4/c1-33-21-11-8-17(13-27-21)14-2-4-15(5-3-14)22-19(26)12-20-23(29-22)30-25(28-20)34-18-9-6-16(7-10-18)24(31)32/h2-5,8,11-13,16,18H,6-7,9-10H2,1H3,(H,31,32)(H,28,29,30). The second-order valence-corrected chi connectivity index (χ2v) is 8.74. The molecule has 4 aromatic rings. The molecule has 34 heavy (non-hydrogen) atoms. The highest BCUT2D eigenvalue weighted by Crippen LogP contribution is 2.32. The van der Waals surface area contributed by atoms with Crippen molar-refractivity contribution in [3.05, 3.63) is 53.7 Å². The molecule has 3 heterocycles. The van der Waals surface area contributed by atoms with E-state index in [4.69, 9.17) is 26.2 Å². The molecular weight excluding hydrogens is 456 g/mol. The maximum absolute atomic E-state index is 11.1. The predicted molar refractivity (Wildman–Crippen MR) is 128 cm³/mol. The number of nitrogens with one attached hydrogen (secondary N) is 1. The van der Waals surface area contributed by atoms with Crippen molar-refractivity contribution < 1.29 is 19.4 Å². The van der Waals surface area contributed by atoms with Crippen LogP contribution in [-0.2, 0) is 4.79 Å². The lowest BCUT2D eigenvalue weighted by Gasteiger charge is -2.25. The molecular formula is C25H23ClN4O4. The maximum atomic E-state index is 11.1. The van der Waals surface area contributed by atoms with E-state index in [1.165, 1.54) is 0 Å². The normalized spacial score (nSPS) is 18.1. The summed E-state index contributed by atoms with van der Waals surface area (Å²) < 4.78 is 11.1. The number of hydrogen-bond donors (Lipinski definition) is 2. The van der Waals surface area contributed by atoms with E-state index in [0.717, 1.165) is 16.7 Å². The van der Waals surface area contributed by atoms with Crippen LogP contribution in [0.5, 0.6) is 11.9 Å². The van der Waals surface area contributed by atoms with Gasteiger partial charge in [-0.15, -0.1) is 0 Å². The van der Waals surface area contributed by atoms with Gasteiger partial charge in [0.1, 0.15) is 6.10 Å². The number of rotatable bonds is 6. The molecule has 0 saturated heterocycles. The Morgan fingerprint density at radius 3 is 2.38 bits per heavy atom. The molecule has 1 aromatic carbocycles. The van der Waals surface area contributed by atoms with E-state index in [9.17, 15) is 4.79 Å². The molecule has 0 bridgehead atoms. The van der Waals surface area contributed by atoms with Crippen molar-refractivity contribution in [1.29, 1.82) is 0 Å². The van der Waals surface area contributed by atoms with Crippen molar-refractivity contribution in [3.63, 3.8) is 0 Å². The number of imidazole rings is 1. The minimum Gasteiger partial charge on any atom is -0.481 e. The molecule has 0 unspecified atom stereocenters. The average Bonchev–Trinajstić information content (AvgIpc) is 3.25. The number of pyridine rings is 2. The van der Waals surface area contributed by atoms with E-state index in [1.54, 1.807) is 19.4 Å². The molecule has 1 fully saturated rings. The van der Waals surface area contributed by atoms with Crippen LogP contribution < -0.4 is 9.47 Å². The summed E-state index contributed by atoms with van der Waals surface area (Å²) in [5.41, 5.74) is 4.70. The molecule has 0 radical (unpaired) electrons. The third kappa shape index (κ3) is 4.54. The number of aromatic amines is 1. The first-order chi connectivity index (χ1) is 16.5. The number of carbonyl (C=O) groups is 1. The Balaban J connectivity index is 1.34. The summed E-state index contributed by atoms with van der Waals surface area (Å²) in [6.45, 7) is 0. The van der Waals surface area contributed by atoms with Crippen LogP contribution >= 0.6 is 11.6 Å². The fraction of sp³-hybridized carbons (Fsp3) is 0.280. The van der Waals surface area contributed by atoms with Gasteiger partial charge in [-0.3, -0.25) is 4.79 Å². The third-order valence-electron chi connectivity index (χ3n) is 6.14. The number of carboxylic acids is 1. The smallest absolute Gasteiger partial charge is 0.306 e. The zero-order valence-corrected chi connectivity index (χ0v) is 19.2. The highest BCUT2D eigenvalue weighted by Gasteiger charge is 2.27. The Bertz CT molecular complexity index is 1310. The fourth-order valence-corrected chi connectivity index (χ4v) is 4.49. The molecule has 174 valence electrons. The number of fused-ring (bicyclic) bond motifs is 1. The van der Waals surface area contributed by atoms with Gasteiger partial charge in [-0.05, 0) is 43.4 Å². The number of aliphatic carboxylic acids is 1. The van der Waals surface area contributed by atoms with Crippen molar-refractivity contribution >= 4 is 28.7 Å². The summed E-state index contributed by atoms with van der Waals surface area (Å²) in [6, 6.07) is 13.9. The summed E-state index contributed by atoms with van der Waals surface area (Å²) in [6.07, 6.45) is 4.29. The van der Waals surface area contributed by atoms with E-state index in [2.05, 4.69) is 19.9 Å². The van der Waals surface area contributed by atoms with E-state index < -0.39 is 5.97 Å². The second kappa shape index (κ2) is 9.30. The lowest BCUT2D eigenvalue weighted by molar-refractivity contribution is -0.143. The van der Waals surface area contributed by atoms with Gasteiger partial charge in [0.15, 0.2) is 5.65 Å². The molecule has 9 heteroatoms. The zero-order valence-electron chi connectivity index (χ0n) is 18.5. The first-order valence-electron chi connectivity index (χ1n) is 11.1. The van der Waals surface area contributed by atoms with E-state index in [-0.39, 0.29) is 12.0 Å². The van der Waals surface area contributed by atoms with Crippen LogP contribution in [0.1, 0.15) is 25.7 Å². The fourth-order valence-electron chi connectivity index (χ4n) is 4.23. The van der Waals surface area contributed by atoms with E-state index in [0.29, 0.717) is 59.5 Å². The van der Waals surface area contributed by atoms with Gasteiger partial charge in [-0.1, -0.05) is 35.9 Å². The molecule has 2 N–H and O–H groups in total. The van der Waals surface area contributed by atoms with Gasteiger partial charge in [0.05, 0.1) is 29.3 Å². The zero-order chi connectivity index (χ0) is 23.7. The van der Waals surface area contributed by atoms with Crippen LogP contribution in [-0.4, -0.2) is 44.2 Å². The topological polar surface area (TPSA) is 110 Å². The highest BCUT2D eigenvalue weighted by molar-refractivity contribution is 6.33. The number of aromatic nitrogens is 4. The van der Waals surface area contributed by atoms with Crippen molar-refractivity contribution in [2.24, 2.45) is 5.92 Å². The van der Waals surface area contributed by atoms with E-state index in [1.807, 2.05) is 36.4 Å². The van der Waals surface area contributed by atoms with Crippen LogP contribution in [0.2, 0.25) is 5.02 Å². The summed E-state index contributed by atoms with van der Waals surface area (Å²) in [7, 11) is 1.59. The van der Waals surface area contributed by atoms with Gasteiger partial charge < -0.3 is 19.6 Å². The minimum atomic E-state index is -0.734. The quantitative estimate of drug-likeness (QED) is 0.383. The second-order valence-electron chi connectivity index (χ2n) is 8.33. The summed E-state index contributed by atoms with van der Waals surface area (Å²) >= 11 is 6.54. The SMILES string of the molecule is COc1ccc(-c2ccc(-c3nc4nc(OC5CCC(C(=O)O)CC5)[nH]c4cc3Cl)cc2)cn1. The largest absolute Gasteiger partial charge is 0.481 e. The van der Waals surface area contributed by atoms with Crippen LogP contribution in [0.4, 0.5) is 0 Å². The van der Waals surface area contributed by atoms with Crippen molar-refractivity contribution in [3.8, 4) is 34.3 Å². The molecule has 0 aliphatic heterocycles. The molecule has 5 rings (SSSR count). The monoisotopic (exact) mass is 478 g/mol. The lowest BCUT2D eigenvalue weighted by atomic mass is 9.87. The highest BCUT2D eigenvalue weighted by atomic mass is 35.5. The molecule has 0 atom stereocenters. The molecule has 0 amide bonds. The molecule has 1 aliphatic carbocycles. The maximum Gasteiger partial charge on any atom is 0.306 e. The number of carboxylic acid groups (broad SMARTS) is 1. The Labute approximate surface area is 200 Å². The Morgan fingerprint density at radius 1 is 1.03 bits per heavy atom. The van der Waals surface area contributed by atoms with Crippen molar-refractivity contribution in [2.75, 3.05) is 7.11 Å². The predicted octanol–water partition coefficient (Wildman–Crippen LogP) is 5.37. The van der Waals surface area contributed by atoms with Crippen molar-refractivity contribution in [1.82, 2.24) is 19.9 Å². The first-order valence-corrected chi connectivity index (χ1v) is 11.4. The van der Waals surface area contributed by atoms with Crippen LogP contribution in [0.25, 0.3) is 33.5 Å². The van der Waals surface area contributed by atoms with Gasteiger partial charge in [0, 0.05) is 23.4 Å². The number of methoxy groups -OCH3 is 1. The van der Waals surface area contributed by atoms with Gasteiger partial charge >= 0.3 is 5.97 Å². The first kappa shape index (κ1) is 22.2. The molecule has 1 aliphatic rings. The van der Waals surface area contributed by atoms with E-state index >= 15 is 0 Å². The summed E-state index contributed by atoms with van der Waals surface area (Å²) in [4.78, 5) is 27.7. The number of hydrogen-bond acceptors (Lipinski definition) is 6. The average molecular weight is 479 g/mol. The third-order valence-corrected chi connectivity index (χ3v) is 6.43. The molecule has 8 nitrogen and oxygen atoms in total. The molecule has 0 spiro atoms. The number of ether oxygens (including phenoxy) is 2. The van der Waals surface area contributed by atoms with Gasteiger partial charge in [-0.25, -0.2) is 9.97 Å². The van der Waals surface area contributed by atoms with Gasteiger partial charge in [-0.2, -0.15) is 4.98 Å².